The Kier molecular flexibility index (Phi) is 5.98. The van der Waals surface area contributed by atoms with Crippen molar-refractivity contribution in [1.82, 2.24) is 0 Å². The molecular formula is C13H15BrO5. The monoisotopic (exact) mass is 330 g/mol. The molecule has 0 bridgehead atoms. The van der Waals surface area contributed by atoms with Crippen LogP contribution in [0.2, 0.25) is 0 Å². The predicted molar refractivity (Wildman–Crippen MR) is 71.7 cm³/mol. The number of aryl methyl sites for hydroxylation is 1. The van der Waals surface area contributed by atoms with Gasteiger partial charge in [0.1, 0.15) is 0 Å². The van der Waals surface area contributed by atoms with Crippen LogP contribution in [0.25, 0.3) is 0 Å². The second kappa shape index (κ2) is 7.25. The highest BCUT2D eigenvalue weighted by molar-refractivity contribution is 9.10. The van der Waals surface area contributed by atoms with Crippen LogP contribution in [0, 0.1) is 0 Å². The minimum atomic E-state index is -1.56. The van der Waals surface area contributed by atoms with Crippen molar-refractivity contribution < 1.29 is 24.5 Å². The standard InChI is InChI=1S/C13H15BrO5/c1-2-19-11(15)6-4-8-7-9(3-5-10(8)14)12(16)13(17)18/h3,5,7,12,16H,2,4,6H2,1H3,(H,17,18). The molecule has 0 saturated carbocycles. The van der Waals surface area contributed by atoms with Crippen LogP contribution < -0.4 is 0 Å². The number of aliphatic carboxylic acids is 1. The molecule has 1 unspecified atom stereocenters. The molecular weight excluding hydrogens is 316 g/mol. The number of ether oxygens (including phenoxy) is 1. The van der Waals surface area contributed by atoms with Crippen LogP contribution in [0.15, 0.2) is 22.7 Å². The van der Waals surface area contributed by atoms with Crippen molar-refractivity contribution in [3.8, 4) is 0 Å². The third-order valence-corrected chi connectivity index (χ3v) is 3.30. The van der Waals surface area contributed by atoms with Gasteiger partial charge in [0.15, 0.2) is 6.10 Å². The molecule has 0 aromatic heterocycles. The molecule has 19 heavy (non-hydrogen) atoms. The number of aliphatic hydroxyl groups excluding tert-OH is 1. The summed E-state index contributed by atoms with van der Waals surface area (Å²) in [5.74, 6) is -1.61. The van der Waals surface area contributed by atoms with Gasteiger partial charge in [-0.3, -0.25) is 4.79 Å². The summed E-state index contributed by atoms with van der Waals surface area (Å²) in [7, 11) is 0. The summed E-state index contributed by atoms with van der Waals surface area (Å²) in [5, 5.41) is 18.2. The van der Waals surface area contributed by atoms with Crippen LogP contribution in [0.1, 0.15) is 30.6 Å². The molecule has 2 N–H and O–H groups in total. The fraction of sp³-hybridized carbons (Fsp3) is 0.385. The van der Waals surface area contributed by atoms with Crippen molar-refractivity contribution in [2.45, 2.75) is 25.9 Å². The van der Waals surface area contributed by atoms with E-state index in [1.54, 1.807) is 19.1 Å². The van der Waals surface area contributed by atoms with Gasteiger partial charge in [0, 0.05) is 10.9 Å². The van der Waals surface area contributed by atoms with Gasteiger partial charge in [0.05, 0.1) is 6.61 Å². The molecule has 0 aliphatic heterocycles. The average Bonchev–Trinajstić information content (AvgIpc) is 2.37. The summed E-state index contributed by atoms with van der Waals surface area (Å²) in [4.78, 5) is 22.0. The molecule has 1 aromatic rings. The van der Waals surface area contributed by atoms with E-state index in [-0.39, 0.29) is 18.0 Å². The van der Waals surface area contributed by atoms with Crippen LogP contribution in [-0.2, 0) is 20.7 Å². The first kappa shape index (κ1) is 15.7. The smallest absolute Gasteiger partial charge is 0.337 e. The lowest BCUT2D eigenvalue weighted by Crippen LogP contribution is -2.11. The fourth-order valence-electron chi connectivity index (χ4n) is 1.57. The molecule has 0 aliphatic rings. The molecule has 0 fully saturated rings. The molecule has 1 rings (SSSR count). The lowest BCUT2D eigenvalue weighted by molar-refractivity contribution is -0.147. The Hall–Kier alpha value is -1.40. The zero-order chi connectivity index (χ0) is 14.4. The number of hydrogen-bond acceptors (Lipinski definition) is 4. The van der Waals surface area contributed by atoms with Crippen molar-refractivity contribution >= 4 is 27.9 Å². The first-order chi connectivity index (χ1) is 8.95. The van der Waals surface area contributed by atoms with Gasteiger partial charge in [-0.1, -0.05) is 28.1 Å². The van der Waals surface area contributed by atoms with E-state index < -0.39 is 12.1 Å². The average molecular weight is 331 g/mol. The van der Waals surface area contributed by atoms with E-state index in [0.29, 0.717) is 13.0 Å². The largest absolute Gasteiger partial charge is 0.479 e. The van der Waals surface area contributed by atoms with E-state index >= 15 is 0 Å². The molecule has 0 spiro atoms. The number of carbonyl (C=O) groups is 2. The Morgan fingerprint density at radius 1 is 1.42 bits per heavy atom. The van der Waals surface area contributed by atoms with Gasteiger partial charge in [-0.2, -0.15) is 0 Å². The van der Waals surface area contributed by atoms with E-state index in [2.05, 4.69) is 15.9 Å². The van der Waals surface area contributed by atoms with Gasteiger partial charge in [0.2, 0.25) is 0 Å². The van der Waals surface area contributed by atoms with Crippen LogP contribution in [0.4, 0.5) is 0 Å². The Labute approximate surface area is 119 Å². The van der Waals surface area contributed by atoms with Crippen molar-refractivity contribution in [3.63, 3.8) is 0 Å². The van der Waals surface area contributed by atoms with E-state index in [9.17, 15) is 14.7 Å². The van der Waals surface area contributed by atoms with Crippen molar-refractivity contribution in [2.75, 3.05) is 6.61 Å². The highest BCUT2D eigenvalue weighted by Gasteiger charge is 2.17. The van der Waals surface area contributed by atoms with E-state index in [1.165, 1.54) is 6.07 Å². The molecule has 0 aliphatic carbocycles. The van der Waals surface area contributed by atoms with E-state index in [4.69, 9.17) is 9.84 Å². The quantitative estimate of drug-likeness (QED) is 0.780. The number of esters is 1. The van der Waals surface area contributed by atoms with Gasteiger partial charge in [-0.25, -0.2) is 4.79 Å². The number of benzene rings is 1. The Morgan fingerprint density at radius 3 is 2.68 bits per heavy atom. The van der Waals surface area contributed by atoms with Crippen LogP contribution in [0.3, 0.4) is 0 Å². The summed E-state index contributed by atoms with van der Waals surface area (Å²) in [6.45, 7) is 2.06. The van der Waals surface area contributed by atoms with Gasteiger partial charge >= 0.3 is 11.9 Å². The van der Waals surface area contributed by atoms with Gasteiger partial charge < -0.3 is 14.9 Å². The maximum Gasteiger partial charge on any atom is 0.337 e. The van der Waals surface area contributed by atoms with Gasteiger partial charge in [-0.15, -0.1) is 0 Å². The van der Waals surface area contributed by atoms with Gasteiger partial charge in [0.25, 0.3) is 0 Å². The van der Waals surface area contributed by atoms with Crippen molar-refractivity contribution in [1.29, 1.82) is 0 Å². The molecule has 1 atom stereocenters. The number of rotatable bonds is 6. The molecule has 0 heterocycles. The zero-order valence-corrected chi connectivity index (χ0v) is 12.0. The van der Waals surface area contributed by atoms with Crippen molar-refractivity contribution in [2.24, 2.45) is 0 Å². The highest BCUT2D eigenvalue weighted by atomic mass is 79.9. The molecule has 6 heteroatoms. The maximum atomic E-state index is 11.3. The summed E-state index contributed by atoms with van der Waals surface area (Å²) in [5.41, 5.74) is 1.04. The van der Waals surface area contributed by atoms with E-state index in [1.807, 2.05) is 0 Å². The van der Waals surface area contributed by atoms with Crippen LogP contribution in [0.5, 0.6) is 0 Å². The summed E-state index contributed by atoms with van der Waals surface area (Å²) in [6, 6.07) is 4.75. The third-order valence-electron chi connectivity index (χ3n) is 2.52. The first-order valence-corrected chi connectivity index (χ1v) is 6.59. The third kappa shape index (κ3) is 4.65. The summed E-state index contributed by atoms with van der Waals surface area (Å²) in [6.07, 6.45) is -0.937. The second-order valence-electron chi connectivity index (χ2n) is 3.90. The maximum absolute atomic E-state index is 11.3. The molecule has 0 radical (unpaired) electrons. The SMILES string of the molecule is CCOC(=O)CCc1cc(C(O)C(=O)O)ccc1Br. The fourth-order valence-corrected chi connectivity index (χ4v) is 2.01. The van der Waals surface area contributed by atoms with E-state index in [0.717, 1.165) is 10.0 Å². The normalized spacial score (nSPS) is 11.9. The predicted octanol–water partition coefficient (Wildman–Crippen LogP) is 2.06. The number of hydrogen-bond donors (Lipinski definition) is 2. The number of carbonyl (C=O) groups excluding carboxylic acids is 1. The minimum Gasteiger partial charge on any atom is -0.479 e. The van der Waals surface area contributed by atoms with Crippen LogP contribution in [-0.4, -0.2) is 28.8 Å². The van der Waals surface area contributed by atoms with Crippen LogP contribution >= 0.6 is 15.9 Å². The molecule has 5 nitrogen and oxygen atoms in total. The second-order valence-corrected chi connectivity index (χ2v) is 4.75. The van der Waals surface area contributed by atoms with Gasteiger partial charge in [-0.05, 0) is 30.5 Å². The van der Waals surface area contributed by atoms with Crippen molar-refractivity contribution in [3.05, 3.63) is 33.8 Å². The number of halogens is 1. The molecule has 0 amide bonds. The first-order valence-electron chi connectivity index (χ1n) is 5.80. The molecule has 0 saturated heterocycles. The number of carboxylic acids is 1. The Balaban J connectivity index is 2.80. The highest BCUT2D eigenvalue weighted by Crippen LogP contribution is 2.23. The topological polar surface area (TPSA) is 83.8 Å². The lowest BCUT2D eigenvalue weighted by atomic mass is 10.0. The Morgan fingerprint density at radius 2 is 2.11 bits per heavy atom. The number of carboxylic acid groups (broad SMARTS) is 1. The zero-order valence-electron chi connectivity index (χ0n) is 10.4. The summed E-state index contributed by atoms with van der Waals surface area (Å²) < 4.78 is 5.58. The molecule has 104 valence electrons. The Bertz CT molecular complexity index is 472. The number of aliphatic hydroxyl groups is 1. The lowest BCUT2D eigenvalue weighted by Gasteiger charge is -2.10. The summed E-state index contributed by atoms with van der Waals surface area (Å²) >= 11 is 3.32. The molecule has 1 aromatic carbocycles. The minimum absolute atomic E-state index is 0.207.